The SMILES string of the molecule is Cc1csc(CCN(C)C(=O)c2cccc(-c3cccs3)n2)n1. The van der Waals surface area contributed by atoms with Crippen molar-refractivity contribution in [3.05, 3.63) is 57.5 Å². The summed E-state index contributed by atoms with van der Waals surface area (Å²) >= 11 is 3.26. The highest BCUT2D eigenvalue weighted by molar-refractivity contribution is 7.13. The Morgan fingerprint density at radius 3 is 2.74 bits per heavy atom. The normalized spacial score (nSPS) is 10.7. The lowest BCUT2D eigenvalue weighted by Gasteiger charge is -2.16. The van der Waals surface area contributed by atoms with Gasteiger partial charge in [-0.2, -0.15) is 0 Å². The average molecular weight is 343 g/mol. The van der Waals surface area contributed by atoms with Crippen molar-refractivity contribution in [2.75, 3.05) is 13.6 Å². The molecule has 0 saturated carbocycles. The monoisotopic (exact) mass is 343 g/mol. The molecule has 0 unspecified atom stereocenters. The lowest BCUT2D eigenvalue weighted by atomic mass is 10.2. The highest BCUT2D eigenvalue weighted by Gasteiger charge is 2.14. The second kappa shape index (κ2) is 7.02. The summed E-state index contributed by atoms with van der Waals surface area (Å²) in [5.41, 5.74) is 2.35. The zero-order valence-electron chi connectivity index (χ0n) is 13.0. The van der Waals surface area contributed by atoms with Gasteiger partial charge in [-0.25, -0.2) is 9.97 Å². The van der Waals surface area contributed by atoms with Gasteiger partial charge in [-0.05, 0) is 30.5 Å². The molecule has 23 heavy (non-hydrogen) atoms. The molecule has 0 atom stereocenters. The summed E-state index contributed by atoms with van der Waals surface area (Å²) in [5.74, 6) is -0.0586. The molecule has 3 aromatic rings. The van der Waals surface area contributed by atoms with Crippen LogP contribution in [0.25, 0.3) is 10.6 Å². The molecular weight excluding hydrogens is 326 g/mol. The number of aromatic nitrogens is 2. The predicted molar refractivity (Wildman–Crippen MR) is 95.1 cm³/mol. The van der Waals surface area contributed by atoms with E-state index in [0.717, 1.165) is 27.7 Å². The molecule has 0 bridgehead atoms. The number of aryl methyl sites for hydroxylation is 1. The zero-order chi connectivity index (χ0) is 16.2. The van der Waals surface area contributed by atoms with Gasteiger partial charge in [0.25, 0.3) is 5.91 Å². The number of pyridine rings is 1. The van der Waals surface area contributed by atoms with E-state index in [1.54, 1.807) is 33.6 Å². The molecule has 6 heteroatoms. The van der Waals surface area contributed by atoms with Crippen LogP contribution in [-0.4, -0.2) is 34.4 Å². The number of thiazole rings is 1. The first-order valence-corrected chi connectivity index (χ1v) is 9.07. The lowest BCUT2D eigenvalue weighted by molar-refractivity contribution is 0.0791. The number of likely N-dealkylation sites (N-methyl/N-ethyl adjacent to an activating group) is 1. The second-order valence-corrected chi connectivity index (χ2v) is 7.14. The summed E-state index contributed by atoms with van der Waals surface area (Å²) < 4.78 is 0. The van der Waals surface area contributed by atoms with E-state index in [0.29, 0.717) is 12.2 Å². The van der Waals surface area contributed by atoms with Crippen molar-refractivity contribution < 1.29 is 4.79 Å². The van der Waals surface area contributed by atoms with Crippen LogP contribution in [-0.2, 0) is 6.42 Å². The van der Waals surface area contributed by atoms with E-state index in [2.05, 4.69) is 9.97 Å². The maximum absolute atomic E-state index is 12.5. The number of nitrogens with zero attached hydrogens (tertiary/aromatic N) is 3. The van der Waals surface area contributed by atoms with Crippen LogP contribution in [0.4, 0.5) is 0 Å². The first-order chi connectivity index (χ1) is 11.1. The van der Waals surface area contributed by atoms with Crippen LogP contribution in [0.5, 0.6) is 0 Å². The Labute approximate surface area is 143 Å². The molecule has 0 spiro atoms. The maximum Gasteiger partial charge on any atom is 0.272 e. The highest BCUT2D eigenvalue weighted by atomic mass is 32.1. The molecule has 3 heterocycles. The zero-order valence-corrected chi connectivity index (χ0v) is 14.7. The van der Waals surface area contributed by atoms with Gasteiger partial charge in [0.1, 0.15) is 5.69 Å². The number of thiophene rings is 1. The molecule has 3 rings (SSSR count). The van der Waals surface area contributed by atoms with Gasteiger partial charge >= 0.3 is 0 Å². The van der Waals surface area contributed by atoms with E-state index in [9.17, 15) is 4.79 Å². The number of hydrogen-bond donors (Lipinski definition) is 0. The van der Waals surface area contributed by atoms with Gasteiger partial charge < -0.3 is 4.90 Å². The van der Waals surface area contributed by atoms with Gasteiger partial charge in [-0.3, -0.25) is 4.79 Å². The van der Waals surface area contributed by atoms with Crippen LogP contribution < -0.4 is 0 Å². The standard InChI is InChI=1S/C17H17N3OS2/c1-12-11-23-16(18-12)8-9-20(2)17(21)14-6-3-5-13(19-14)15-7-4-10-22-15/h3-7,10-11H,8-9H2,1-2H3. The minimum absolute atomic E-state index is 0.0586. The number of carbonyl (C=O) groups excluding carboxylic acids is 1. The molecule has 3 aromatic heterocycles. The van der Waals surface area contributed by atoms with Crippen molar-refractivity contribution >= 4 is 28.6 Å². The van der Waals surface area contributed by atoms with Crippen molar-refractivity contribution in [3.8, 4) is 10.6 Å². The smallest absolute Gasteiger partial charge is 0.272 e. The van der Waals surface area contributed by atoms with Crippen molar-refractivity contribution in [3.63, 3.8) is 0 Å². The number of hydrogen-bond acceptors (Lipinski definition) is 5. The molecular formula is C17H17N3OS2. The van der Waals surface area contributed by atoms with E-state index in [1.807, 2.05) is 49.0 Å². The van der Waals surface area contributed by atoms with Crippen LogP contribution in [0, 0.1) is 6.92 Å². The van der Waals surface area contributed by atoms with Gasteiger partial charge in [0.2, 0.25) is 0 Å². The topological polar surface area (TPSA) is 46.1 Å². The van der Waals surface area contributed by atoms with E-state index >= 15 is 0 Å². The summed E-state index contributed by atoms with van der Waals surface area (Å²) in [6, 6.07) is 9.58. The van der Waals surface area contributed by atoms with Gasteiger partial charge in [0.15, 0.2) is 0 Å². The number of rotatable bonds is 5. The Morgan fingerprint density at radius 2 is 2.04 bits per heavy atom. The molecule has 4 nitrogen and oxygen atoms in total. The highest BCUT2D eigenvalue weighted by Crippen LogP contribution is 2.22. The van der Waals surface area contributed by atoms with Gasteiger partial charge in [-0.15, -0.1) is 22.7 Å². The van der Waals surface area contributed by atoms with Crippen molar-refractivity contribution in [2.45, 2.75) is 13.3 Å². The summed E-state index contributed by atoms with van der Waals surface area (Å²) in [4.78, 5) is 24.2. The van der Waals surface area contributed by atoms with E-state index in [1.165, 1.54) is 0 Å². The van der Waals surface area contributed by atoms with E-state index in [-0.39, 0.29) is 5.91 Å². The van der Waals surface area contributed by atoms with Crippen molar-refractivity contribution in [2.24, 2.45) is 0 Å². The first-order valence-electron chi connectivity index (χ1n) is 7.31. The Hall–Kier alpha value is -2.05. The Bertz CT molecular complexity index is 796. The largest absolute Gasteiger partial charge is 0.340 e. The molecule has 0 N–H and O–H groups in total. The molecule has 118 valence electrons. The molecule has 0 fully saturated rings. The van der Waals surface area contributed by atoms with Gasteiger partial charge in [0.05, 0.1) is 15.6 Å². The van der Waals surface area contributed by atoms with Crippen LogP contribution >= 0.6 is 22.7 Å². The third-order valence-electron chi connectivity index (χ3n) is 3.42. The predicted octanol–water partition coefficient (Wildman–Crippen LogP) is 3.89. The quantitative estimate of drug-likeness (QED) is 0.706. The third-order valence-corrected chi connectivity index (χ3v) is 5.34. The fraction of sp³-hybridized carbons (Fsp3) is 0.235. The van der Waals surface area contributed by atoms with Crippen LogP contribution in [0.2, 0.25) is 0 Å². The van der Waals surface area contributed by atoms with Crippen molar-refractivity contribution in [1.29, 1.82) is 0 Å². The summed E-state index contributed by atoms with van der Waals surface area (Å²) in [6.45, 7) is 2.62. The molecule has 0 aromatic carbocycles. The summed E-state index contributed by atoms with van der Waals surface area (Å²) in [7, 11) is 1.81. The number of carbonyl (C=O) groups is 1. The Kier molecular flexibility index (Phi) is 4.83. The Morgan fingerprint density at radius 1 is 1.17 bits per heavy atom. The third kappa shape index (κ3) is 3.83. The molecule has 0 aliphatic heterocycles. The minimum atomic E-state index is -0.0586. The van der Waals surface area contributed by atoms with E-state index < -0.39 is 0 Å². The molecule has 0 aliphatic rings. The van der Waals surface area contributed by atoms with Crippen LogP contribution in [0.15, 0.2) is 41.1 Å². The fourth-order valence-electron chi connectivity index (χ4n) is 2.19. The molecule has 0 radical (unpaired) electrons. The summed E-state index contributed by atoms with van der Waals surface area (Å²) in [5, 5.41) is 5.10. The Balaban J connectivity index is 1.68. The lowest BCUT2D eigenvalue weighted by Crippen LogP contribution is -2.29. The van der Waals surface area contributed by atoms with Crippen LogP contribution in [0.3, 0.4) is 0 Å². The average Bonchev–Trinajstić information content (AvgIpc) is 3.23. The van der Waals surface area contributed by atoms with Crippen LogP contribution in [0.1, 0.15) is 21.2 Å². The second-order valence-electron chi connectivity index (χ2n) is 5.24. The van der Waals surface area contributed by atoms with E-state index in [4.69, 9.17) is 0 Å². The van der Waals surface area contributed by atoms with Gasteiger partial charge in [-0.1, -0.05) is 12.1 Å². The number of amides is 1. The fourth-order valence-corrected chi connectivity index (χ4v) is 3.65. The molecule has 0 saturated heterocycles. The minimum Gasteiger partial charge on any atom is -0.340 e. The van der Waals surface area contributed by atoms with Gasteiger partial charge in [0, 0.05) is 31.1 Å². The maximum atomic E-state index is 12.5. The molecule has 1 amide bonds. The summed E-state index contributed by atoms with van der Waals surface area (Å²) in [6.07, 6.45) is 0.769. The molecule has 0 aliphatic carbocycles. The van der Waals surface area contributed by atoms with Crippen molar-refractivity contribution in [1.82, 2.24) is 14.9 Å². The first kappa shape index (κ1) is 15.8.